The second-order valence-corrected chi connectivity index (χ2v) is 3.27. The lowest BCUT2D eigenvalue weighted by atomic mass is 9.84. The first-order chi connectivity index (χ1) is 5.58. The summed E-state index contributed by atoms with van der Waals surface area (Å²) >= 11 is 0. The molecule has 0 unspecified atom stereocenters. The van der Waals surface area contributed by atoms with Crippen LogP contribution in [0.1, 0.15) is 27.7 Å². The van der Waals surface area contributed by atoms with Crippen molar-refractivity contribution in [3.63, 3.8) is 0 Å². The van der Waals surface area contributed by atoms with Crippen LogP contribution in [0.3, 0.4) is 0 Å². The highest BCUT2D eigenvalue weighted by molar-refractivity contribution is 5.28. The molecule has 0 heterocycles. The van der Waals surface area contributed by atoms with E-state index < -0.39 is 0 Å². The molecule has 0 aliphatic heterocycles. The first-order valence-corrected chi connectivity index (χ1v) is 4.26. The predicted octanol–water partition coefficient (Wildman–Crippen LogP) is 3.88. The Morgan fingerprint density at radius 1 is 1.33 bits per heavy atom. The summed E-state index contributed by atoms with van der Waals surface area (Å²) in [5.41, 5.74) is 4.39. The molecule has 12 heavy (non-hydrogen) atoms. The van der Waals surface area contributed by atoms with Crippen molar-refractivity contribution in [1.29, 1.82) is 0 Å². The molecule has 0 N–H and O–H groups in total. The van der Waals surface area contributed by atoms with Gasteiger partial charge in [-0.15, -0.1) is 12.3 Å². The Labute approximate surface area is 76.0 Å². The van der Waals surface area contributed by atoms with E-state index in [-0.39, 0.29) is 5.41 Å². The van der Waals surface area contributed by atoms with Gasteiger partial charge in [0.25, 0.3) is 0 Å². The van der Waals surface area contributed by atoms with Crippen molar-refractivity contribution in [2.24, 2.45) is 5.41 Å². The minimum absolute atomic E-state index is 0.0129. The summed E-state index contributed by atoms with van der Waals surface area (Å²) in [6.45, 7) is 12.1. The Kier molecular flexibility index (Phi) is 4.39. The molecule has 0 radical (unpaired) electrons. The van der Waals surface area contributed by atoms with E-state index >= 15 is 0 Å². The van der Waals surface area contributed by atoms with Gasteiger partial charge in [-0.05, 0) is 19.9 Å². The van der Waals surface area contributed by atoms with Crippen molar-refractivity contribution >= 4 is 0 Å². The Bertz CT molecular complexity index is 233. The monoisotopic (exact) mass is 162 g/mol. The van der Waals surface area contributed by atoms with Crippen LogP contribution in [0.2, 0.25) is 0 Å². The van der Waals surface area contributed by atoms with Gasteiger partial charge >= 0.3 is 0 Å². The second-order valence-electron chi connectivity index (χ2n) is 3.27. The van der Waals surface area contributed by atoms with Gasteiger partial charge in [0.1, 0.15) is 0 Å². The summed E-state index contributed by atoms with van der Waals surface area (Å²) in [7, 11) is 0. The molecule has 0 saturated carbocycles. The van der Waals surface area contributed by atoms with Gasteiger partial charge in [0.2, 0.25) is 0 Å². The van der Waals surface area contributed by atoms with Crippen LogP contribution in [0, 0.1) is 5.41 Å². The van der Waals surface area contributed by atoms with Crippen molar-refractivity contribution < 1.29 is 0 Å². The summed E-state index contributed by atoms with van der Waals surface area (Å²) in [5.74, 6) is 0. The van der Waals surface area contributed by atoms with Gasteiger partial charge in [-0.3, -0.25) is 0 Å². The summed E-state index contributed by atoms with van der Waals surface area (Å²) < 4.78 is 0. The van der Waals surface area contributed by atoms with Crippen LogP contribution >= 0.6 is 0 Å². The lowest BCUT2D eigenvalue weighted by Crippen LogP contribution is -2.08. The van der Waals surface area contributed by atoms with Crippen LogP contribution < -0.4 is 0 Å². The van der Waals surface area contributed by atoms with Gasteiger partial charge in [-0.1, -0.05) is 32.1 Å². The molecule has 0 heteroatoms. The van der Waals surface area contributed by atoms with Gasteiger partial charge in [0.15, 0.2) is 0 Å². The molecule has 0 spiro atoms. The van der Waals surface area contributed by atoms with Gasteiger partial charge in [0, 0.05) is 11.0 Å². The van der Waals surface area contributed by atoms with Gasteiger partial charge in [0.05, 0.1) is 0 Å². The molecule has 0 bridgehead atoms. The fourth-order valence-corrected chi connectivity index (χ4v) is 0.881. The van der Waals surface area contributed by atoms with Crippen LogP contribution in [0.15, 0.2) is 42.2 Å². The molecule has 66 valence electrons. The zero-order valence-electron chi connectivity index (χ0n) is 8.52. The van der Waals surface area contributed by atoms with Gasteiger partial charge in [-0.2, -0.15) is 0 Å². The highest BCUT2D eigenvalue weighted by atomic mass is 14.2. The third kappa shape index (κ3) is 2.94. The number of hydrogen-bond donors (Lipinski definition) is 0. The highest BCUT2D eigenvalue weighted by Crippen LogP contribution is 2.27. The van der Waals surface area contributed by atoms with Crippen LogP contribution in [-0.2, 0) is 0 Å². The van der Waals surface area contributed by atoms with E-state index in [1.54, 1.807) is 0 Å². The second kappa shape index (κ2) is 4.79. The third-order valence-electron chi connectivity index (χ3n) is 1.84. The maximum Gasteiger partial charge on any atom is 0.0146 e. The molecule has 0 atom stereocenters. The lowest BCUT2D eigenvalue weighted by molar-refractivity contribution is 0.598. The maximum atomic E-state index is 3.81. The SMILES string of the molecule is C=CC(C)(C)C(=C=CC)/C=C\C. The molecular formula is C12H18. The van der Waals surface area contributed by atoms with Crippen LogP contribution in [0.5, 0.6) is 0 Å². The molecule has 0 aromatic rings. The topological polar surface area (TPSA) is 0 Å². The van der Waals surface area contributed by atoms with E-state index in [9.17, 15) is 0 Å². The summed E-state index contributed by atoms with van der Waals surface area (Å²) in [5, 5.41) is 0. The molecule has 0 rings (SSSR count). The molecule has 0 aromatic heterocycles. The quantitative estimate of drug-likeness (QED) is 0.335. The van der Waals surface area contributed by atoms with E-state index in [1.165, 1.54) is 5.57 Å². The average Bonchev–Trinajstić information content (AvgIpc) is 2.04. The van der Waals surface area contributed by atoms with Crippen LogP contribution in [0.4, 0.5) is 0 Å². The minimum atomic E-state index is 0.0129. The van der Waals surface area contributed by atoms with E-state index in [2.05, 4.69) is 32.2 Å². The van der Waals surface area contributed by atoms with Gasteiger partial charge in [-0.25, -0.2) is 0 Å². The Hall–Kier alpha value is -1.00. The van der Waals surface area contributed by atoms with Crippen molar-refractivity contribution in [2.45, 2.75) is 27.7 Å². The highest BCUT2D eigenvalue weighted by Gasteiger charge is 2.15. The number of allylic oxidation sites excluding steroid dienone is 4. The number of rotatable bonds is 3. The largest absolute Gasteiger partial charge is 0.121 e. The maximum absolute atomic E-state index is 3.81. The fourth-order valence-electron chi connectivity index (χ4n) is 0.881. The third-order valence-corrected chi connectivity index (χ3v) is 1.84. The lowest BCUT2D eigenvalue weighted by Gasteiger charge is -2.19. The summed E-state index contributed by atoms with van der Waals surface area (Å²) in [4.78, 5) is 0. The van der Waals surface area contributed by atoms with E-state index in [1.807, 2.05) is 32.1 Å². The molecule has 0 aromatic carbocycles. The Balaban J connectivity index is 5.01. The fraction of sp³-hybridized carbons (Fsp3) is 0.417. The van der Waals surface area contributed by atoms with Crippen LogP contribution in [0.25, 0.3) is 0 Å². The van der Waals surface area contributed by atoms with Crippen molar-refractivity contribution in [3.8, 4) is 0 Å². The molecule has 0 amide bonds. The predicted molar refractivity (Wildman–Crippen MR) is 56.1 cm³/mol. The smallest absolute Gasteiger partial charge is 0.0146 e. The average molecular weight is 162 g/mol. The normalized spacial score (nSPS) is 11.0. The molecule has 0 aliphatic rings. The molecule has 0 nitrogen and oxygen atoms in total. The van der Waals surface area contributed by atoms with Crippen molar-refractivity contribution in [1.82, 2.24) is 0 Å². The van der Waals surface area contributed by atoms with Crippen molar-refractivity contribution in [3.05, 3.63) is 42.2 Å². The number of hydrogen-bond acceptors (Lipinski definition) is 0. The standard InChI is InChI=1S/C12H18/c1-6-9-11(10-7-2)12(4,5)8-3/h6-9H,3H2,1-2,4-5H3/b9-6-. The molecular weight excluding hydrogens is 144 g/mol. The first-order valence-electron chi connectivity index (χ1n) is 4.26. The molecule has 0 saturated heterocycles. The zero-order chi connectivity index (χ0) is 9.61. The molecule has 0 aliphatic carbocycles. The van der Waals surface area contributed by atoms with Gasteiger partial charge < -0.3 is 0 Å². The minimum Gasteiger partial charge on any atom is -0.121 e. The Morgan fingerprint density at radius 2 is 1.92 bits per heavy atom. The Morgan fingerprint density at radius 3 is 2.25 bits per heavy atom. The van der Waals surface area contributed by atoms with E-state index in [0.29, 0.717) is 0 Å². The summed E-state index contributed by atoms with van der Waals surface area (Å²) in [6, 6.07) is 0. The van der Waals surface area contributed by atoms with E-state index in [4.69, 9.17) is 0 Å². The first kappa shape index (κ1) is 11.0. The van der Waals surface area contributed by atoms with Crippen LogP contribution in [-0.4, -0.2) is 0 Å². The van der Waals surface area contributed by atoms with E-state index in [0.717, 1.165) is 0 Å². The van der Waals surface area contributed by atoms with Crippen molar-refractivity contribution in [2.75, 3.05) is 0 Å². The molecule has 0 fully saturated rings. The summed E-state index contributed by atoms with van der Waals surface area (Å²) in [6.07, 6.45) is 7.97. The zero-order valence-corrected chi connectivity index (χ0v) is 8.52.